The fraction of sp³-hybridized carbons (Fsp3) is 0.500. The molecular weight excluding hydrogens is 242 g/mol. The Kier molecular flexibility index (Phi) is 6.50. The molecule has 0 saturated carbocycles. The van der Waals surface area contributed by atoms with Crippen LogP contribution in [-0.4, -0.2) is 25.2 Å². The number of thioether (sulfide) groups is 1. The van der Waals surface area contributed by atoms with E-state index in [2.05, 4.69) is 12.2 Å². The van der Waals surface area contributed by atoms with E-state index in [0.717, 1.165) is 29.4 Å². The lowest BCUT2D eigenvalue weighted by Gasteiger charge is -2.09. The molecule has 1 aromatic rings. The van der Waals surface area contributed by atoms with Gasteiger partial charge in [0.1, 0.15) is 5.75 Å². The Morgan fingerprint density at radius 2 is 2.25 bits per heavy atom. The summed E-state index contributed by atoms with van der Waals surface area (Å²) in [5.41, 5.74) is 0.947. The van der Waals surface area contributed by atoms with Gasteiger partial charge in [-0.15, -0.1) is 0 Å². The number of anilines is 1. The van der Waals surface area contributed by atoms with Crippen molar-refractivity contribution in [2.24, 2.45) is 0 Å². The highest BCUT2D eigenvalue weighted by Gasteiger charge is 2.01. The van der Waals surface area contributed by atoms with Crippen LogP contribution in [0.25, 0.3) is 0 Å². The first-order valence-electron chi connectivity index (χ1n) is 5.43. The molecule has 1 rings (SSSR count). The van der Waals surface area contributed by atoms with Gasteiger partial charge in [-0.3, -0.25) is 0 Å². The van der Waals surface area contributed by atoms with Crippen molar-refractivity contribution in [1.29, 1.82) is 0 Å². The molecule has 0 aromatic heterocycles. The maximum absolute atomic E-state index is 6.07. The highest BCUT2D eigenvalue weighted by Crippen LogP contribution is 2.26. The molecule has 4 heteroatoms. The van der Waals surface area contributed by atoms with Crippen molar-refractivity contribution in [3.8, 4) is 5.75 Å². The van der Waals surface area contributed by atoms with E-state index in [1.165, 1.54) is 11.5 Å². The molecule has 0 aliphatic rings. The lowest BCUT2D eigenvalue weighted by atomic mass is 10.3. The topological polar surface area (TPSA) is 21.3 Å². The predicted octanol–water partition coefficient (Wildman–Crippen LogP) is 3.90. The Hall–Kier alpha value is -0.540. The van der Waals surface area contributed by atoms with Gasteiger partial charge in [0.05, 0.1) is 17.8 Å². The third-order valence-corrected chi connectivity index (χ3v) is 3.47. The van der Waals surface area contributed by atoms with Crippen molar-refractivity contribution in [2.75, 3.05) is 30.5 Å². The van der Waals surface area contributed by atoms with E-state index < -0.39 is 0 Å². The van der Waals surface area contributed by atoms with E-state index in [1.54, 1.807) is 7.11 Å². The first kappa shape index (κ1) is 13.5. The van der Waals surface area contributed by atoms with E-state index in [1.807, 2.05) is 30.0 Å². The zero-order valence-electron chi connectivity index (χ0n) is 9.75. The largest absolute Gasteiger partial charge is 0.497 e. The van der Waals surface area contributed by atoms with Gasteiger partial charge in [0.2, 0.25) is 0 Å². The maximum Gasteiger partial charge on any atom is 0.121 e. The summed E-state index contributed by atoms with van der Waals surface area (Å²) in [7, 11) is 1.66. The monoisotopic (exact) mass is 259 g/mol. The van der Waals surface area contributed by atoms with Gasteiger partial charge in [-0.2, -0.15) is 11.8 Å². The van der Waals surface area contributed by atoms with Gasteiger partial charge in [0.25, 0.3) is 0 Å². The number of hydrogen-bond acceptors (Lipinski definition) is 3. The number of nitrogens with one attached hydrogen (secondary N) is 1. The van der Waals surface area contributed by atoms with Gasteiger partial charge >= 0.3 is 0 Å². The van der Waals surface area contributed by atoms with Gasteiger partial charge in [0, 0.05) is 12.6 Å². The molecule has 0 aliphatic carbocycles. The summed E-state index contributed by atoms with van der Waals surface area (Å²) in [6.45, 7) is 3.12. The van der Waals surface area contributed by atoms with Crippen LogP contribution in [0, 0.1) is 0 Å². The summed E-state index contributed by atoms with van der Waals surface area (Å²) in [6.07, 6.45) is 1.14. The maximum atomic E-state index is 6.07. The first-order chi connectivity index (χ1) is 7.77. The molecular formula is C12H18ClNOS. The number of halogens is 1. The van der Waals surface area contributed by atoms with Crippen LogP contribution >= 0.6 is 23.4 Å². The standard InChI is InChI=1S/C12H18ClNOS/c1-3-16-8-4-7-14-12-9-10(15-2)5-6-11(12)13/h5-6,9,14H,3-4,7-8H2,1-2H3. The minimum Gasteiger partial charge on any atom is -0.497 e. The second kappa shape index (κ2) is 7.69. The summed E-state index contributed by atoms with van der Waals surface area (Å²) in [4.78, 5) is 0. The van der Waals surface area contributed by atoms with Crippen molar-refractivity contribution >= 4 is 29.1 Å². The van der Waals surface area contributed by atoms with E-state index in [-0.39, 0.29) is 0 Å². The van der Waals surface area contributed by atoms with Crippen LogP contribution < -0.4 is 10.1 Å². The second-order valence-corrected chi connectivity index (χ2v) is 5.12. The summed E-state index contributed by atoms with van der Waals surface area (Å²) in [6, 6.07) is 5.64. The van der Waals surface area contributed by atoms with Gasteiger partial charge in [-0.25, -0.2) is 0 Å². The number of benzene rings is 1. The molecule has 0 spiro atoms. The highest BCUT2D eigenvalue weighted by atomic mass is 35.5. The fourth-order valence-corrected chi connectivity index (χ4v) is 2.13. The van der Waals surface area contributed by atoms with Crippen LogP contribution in [0.15, 0.2) is 18.2 Å². The SMILES string of the molecule is CCSCCCNc1cc(OC)ccc1Cl. The predicted molar refractivity (Wildman–Crippen MR) is 74.1 cm³/mol. The molecule has 0 unspecified atom stereocenters. The molecule has 0 amide bonds. The number of hydrogen-bond donors (Lipinski definition) is 1. The van der Waals surface area contributed by atoms with Crippen molar-refractivity contribution < 1.29 is 4.74 Å². The van der Waals surface area contributed by atoms with E-state index in [9.17, 15) is 0 Å². The Labute approximate surface area is 107 Å². The molecule has 0 fully saturated rings. The molecule has 0 aliphatic heterocycles. The van der Waals surface area contributed by atoms with E-state index in [0.29, 0.717) is 0 Å². The van der Waals surface area contributed by atoms with Crippen molar-refractivity contribution in [1.82, 2.24) is 0 Å². The third kappa shape index (κ3) is 4.54. The van der Waals surface area contributed by atoms with Gasteiger partial charge in [-0.1, -0.05) is 18.5 Å². The first-order valence-corrected chi connectivity index (χ1v) is 6.96. The van der Waals surface area contributed by atoms with Crippen LogP contribution in [0.4, 0.5) is 5.69 Å². The summed E-state index contributed by atoms with van der Waals surface area (Å²) in [5, 5.41) is 4.06. The van der Waals surface area contributed by atoms with Gasteiger partial charge < -0.3 is 10.1 Å². The molecule has 0 heterocycles. The average Bonchev–Trinajstić information content (AvgIpc) is 2.31. The minimum atomic E-state index is 0.740. The molecule has 0 bridgehead atoms. The molecule has 0 atom stereocenters. The number of ether oxygens (including phenoxy) is 1. The quantitative estimate of drug-likeness (QED) is 0.751. The molecule has 1 N–H and O–H groups in total. The van der Waals surface area contributed by atoms with Gasteiger partial charge in [0.15, 0.2) is 0 Å². The molecule has 90 valence electrons. The fourth-order valence-electron chi connectivity index (χ4n) is 1.31. The zero-order valence-corrected chi connectivity index (χ0v) is 11.3. The Morgan fingerprint density at radius 3 is 2.94 bits per heavy atom. The van der Waals surface area contributed by atoms with Crippen LogP contribution in [0.3, 0.4) is 0 Å². The lowest BCUT2D eigenvalue weighted by Crippen LogP contribution is -2.03. The Morgan fingerprint density at radius 1 is 1.44 bits per heavy atom. The number of methoxy groups -OCH3 is 1. The smallest absolute Gasteiger partial charge is 0.121 e. The van der Waals surface area contributed by atoms with Gasteiger partial charge in [-0.05, 0) is 30.1 Å². The molecule has 2 nitrogen and oxygen atoms in total. The Bertz CT molecular complexity index is 320. The van der Waals surface area contributed by atoms with Crippen LogP contribution in [-0.2, 0) is 0 Å². The minimum absolute atomic E-state index is 0.740. The van der Waals surface area contributed by atoms with E-state index in [4.69, 9.17) is 16.3 Å². The van der Waals surface area contributed by atoms with Crippen molar-refractivity contribution in [3.05, 3.63) is 23.2 Å². The van der Waals surface area contributed by atoms with Crippen LogP contribution in [0.1, 0.15) is 13.3 Å². The molecule has 16 heavy (non-hydrogen) atoms. The lowest BCUT2D eigenvalue weighted by molar-refractivity contribution is 0.415. The average molecular weight is 260 g/mol. The zero-order chi connectivity index (χ0) is 11.8. The highest BCUT2D eigenvalue weighted by molar-refractivity contribution is 7.99. The second-order valence-electron chi connectivity index (χ2n) is 3.32. The van der Waals surface area contributed by atoms with Crippen molar-refractivity contribution in [3.63, 3.8) is 0 Å². The third-order valence-electron chi connectivity index (χ3n) is 2.16. The Balaban J connectivity index is 2.40. The van der Waals surface area contributed by atoms with Crippen LogP contribution in [0.2, 0.25) is 5.02 Å². The summed E-state index contributed by atoms with van der Waals surface area (Å²) < 4.78 is 5.15. The summed E-state index contributed by atoms with van der Waals surface area (Å²) in [5.74, 6) is 3.19. The van der Waals surface area contributed by atoms with E-state index >= 15 is 0 Å². The molecule has 1 aromatic carbocycles. The molecule has 0 saturated heterocycles. The number of rotatable bonds is 7. The van der Waals surface area contributed by atoms with Crippen molar-refractivity contribution in [2.45, 2.75) is 13.3 Å². The van der Waals surface area contributed by atoms with Crippen LogP contribution in [0.5, 0.6) is 5.75 Å². The summed E-state index contributed by atoms with van der Waals surface area (Å²) >= 11 is 8.03. The molecule has 0 radical (unpaired) electrons. The normalized spacial score (nSPS) is 10.2.